The predicted octanol–water partition coefficient (Wildman–Crippen LogP) is 0.220. The molecule has 0 saturated heterocycles. The molecule has 4 unspecified atom stereocenters. The molecule has 3 aromatic rings. The minimum absolute atomic E-state index is 0.00199. The van der Waals surface area contributed by atoms with Crippen LogP contribution in [0.1, 0.15) is 31.5 Å². The second-order valence-electron chi connectivity index (χ2n) is 8.94. The third-order valence-corrected chi connectivity index (χ3v) is 6.32. The number of nitrogens with two attached hydrogens (primary N) is 1. The van der Waals surface area contributed by atoms with Crippen LogP contribution in [-0.4, -0.2) is 68.4 Å². The summed E-state index contributed by atoms with van der Waals surface area (Å²) in [6.07, 6.45) is 5.36. The Morgan fingerprint density at radius 1 is 1.03 bits per heavy atom. The molecule has 198 valence electrons. The third kappa shape index (κ3) is 7.17. The van der Waals surface area contributed by atoms with Crippen molar-refractivity contribution >= 4 is 34.6 Å². The van der Waals surface area contributed by atoms with Crippen molar-refractivity contribution in [2.24, 2.45) is 11.7 Å². The predicted molar refractivity (Wildman–Crippen MR) is 136 cm³/mol. The number of hydrogen-bond acceptors (Lipinski definition) is 6. The van der Waals surface area contributed by atoms with Gasteiger partial charge in [0.2, 0.25) is 17.7 Å². The quantitative estimate of drug-likeness (QED) is 0.170. The number of carboxylic acid groups (broad SMARTS) is 1. The largest absolute Gasteiger partial charge is 0.480 e. The molecule has 0 aliphatic heterocycles. The molecule has 12 nitrogen and oxygen atoms in total. The number of nitrogens with zero attached hydrogens (tertiary/aromatic N) is 1. The van der Waals surface area contributed by atoms with Crippen LogP contribution in [0.2, 0.25) is 0 Å². The minimum atomic E-state index is -1.23. The Kier molecular flexibility index (Phi) is 9.39. The Morgan fingerprint density at radius 2 is 1.78 bits per heavy atom. The zero-order chi connectivity index (χ0) is 26.9. The van der Waals surface area contributed by atoms with Gasteiger partial charge in [0.25, 0.3) is 0 Å². The first-order valence-corrected chi connectivity index (χ1v) is 12.1. The topological polar surface area (TPSA) is 195 Å². The highest BCUT2D eigenvalue weighted by Crippen LogP contribution is 2.19. The summed E-state index contributed by atoms with van der Waals surface area (Å²) in [7, 11) is 0. The third-order valence-electron chi connectivity index (χ3n) is 6.32. The molecule has 0 fully saturated rings. The van der Waals surface area contributed by atoms with Crippen molar-refractivity contribution in [3.8, 4) is 0 Å². The zero-order valence-electron chi connectivity index (χ0n) is 20.8. The zero-order valence-corrected chi connectivity index (χ0v) is 20.8. The van der Waals surface area contributed by atoms with Gasteiger partial charge in [0.1, 0.15) is 18.1 Å². The Bertz CT molecular complexity index is 1220. The van der Waals surface area contributed by atoms with Gasteiger partial charge >= 0.3 is 5.97 Å². The lowest BCUT2D eigenvalue weighted by atomic mass is 9.96. The maximum absolute atomic E-state index is 13.4. The number of carboxylic acids is 1. The maximum atomic E-state index is 13.4. The fourth-order valence-electron chi connectivity index (χ4n) is 4.02. The van der Waals surface area contributed by atoms with E-state index in [4.69, 9.17) is 5.73 Å². The van der Waals surface area contributed by atoms with Gasteiger partial charge in [0.05, 0.1) is 12.9 Å². The first-order valence-electron chi connectivity index (χ1n) is 12.1. The number of nitrogens with one attached hydrogen (secondary N) is 5. The number of fused-ring (bicyclic) bond motifs is 1. The fourth-order valence-corrected chi connectivity index (χ4v) is 4.02. The van der Waals surface area contributed by atoms with E-state index in [0.29, 0.717) is 12.1 Å². The second kappa shape index (κ2) is 12.7. The molecule has 2 heterocycles. The standard InChI is InChI=1S/C25H33N7O5/c1-3-14(2)22(24(35)31-20(25(36)37)9-16-12-27-13-29-16)32-23(34)19(30-21(33)10-26)8-15-11-28-18-7-5-4-6-17(15)18/h4-7,11-14,19-20,22,28H,3,8-10,26H2,1-2H3,(H,27,29)(H,30,33)(H,31,35)(H,32,34)(H,36,37). The number of aromatic amines is 2. The summed E-state index contributed by atoms with van der Waals surface area (Å²) in [5, 5.41) is 18.4. The lowest BCUT2D eigenvalue weighted by Crippen LogP contribution is -2.58. The molecule has 0 aliphatic rings. The van der Waals surface area contributed by atoms with Crippen molar-refractivity contribution in [2.45, 2.75) is 51.2 Å². The monoisotopic (exact) mass is 511 g/mol. The summed E-state index contributed by atoms with van der Waals surface area (Å²) in [6, 6.07) is 4.31. The highest BCUT2D eigenvalue weighted by Gasteiger charge is 2.32. The van der Waals surface area contributed by atoms with E-state index in [1.54, 1.807) is 13.1 Å². The molecule has 0 radical (unpaired) electrons. The molecule has 37 heavy (non-hydrogen) atoms. The molecule has 12 heteroatoms. The summed E-state index contributed by atoms with van der Waals surface area (Å²) in [4.78, 5) is 60.3. The first-order chi connectivity index (χ1) is 17.7. The second-order valence-corrected chi connectivity index (χ2v) is 8.94. The molecule has 0 aliphatic carbocycles. The number of para-hydroxylation sites is 1. The van der Waals surface area contributed by atoms with E-state index in [-0.39, 0.29) is 25.3 Å². The highest BCUT2D eigenvalue weighted by molar-refractivity contribution is 5.94. The van der Waals surface area contributed by atoms with E-state index in [1.165, 1.54) is 12.5 Å². The highest BCUT2D eigenvalue weighted by atomic mass is 16.4. The Balaban J connectivity index is 1.79. The van der Waals surface area contributed by atoms with Crippen molar-refractivity contribution in [3.63, 3.8) is 0 Å². The van der Waals surface area contributed by atoms with Crippen molar-refractivity contribution in [1.29, 1.82) is 0 Å². The lowest BCUT2D eigenvalue weighted by molar-refractivity contribution is -0.142. The van der Waals surface area contributed by atoms with Crippen LogP contribution in [0, 0.1) is 5.92 Å². The number of carbonyl (C=O) groups excluding carboxylic acids is 3. The van der Waals surface area contributed by atoms with E-state index in [1.807, 2.05) is 31.2 Å². The number of aromatic nitrogens is 3. The number of amides is 3. The molecule has 0 spiro atoms. The molecule has 0 saturated carbocycles. The van der Waals surface area contributed by atoms with Gasteiger partial charge in [-0.2, -0.15) is 0 Å². The first kappa shape index (κ1) is 27.4. The molecular weight excluding hydrogens is 478 g/mol. The van der Waals surface area contributed by atoms with Gasteiger partial charge in [-0.15, -0.1) is 0 Å². The normalized spacial score (nSPS) is 14.4. The molecular formula is C25H33N7O5. The van der Waals surface area contributed by atoms with E-state index < -0.39 is 41.8 Å². The fraction of sp³-hybridized carbons (Fsp3) is 0.400. The summed E-state index contributed by atoms with van der Waals surface area (Å²) in [5.74, 6) is -3.26. The van der Waals surface area contributed by atoms with Gasteiger partial charge in [0.15, 0.2) is 0 Å². The van der Waals surface area contributed by atoms with Gasteiger partial charge in [0, 0.05) is 41.8 Å². The van der Waals surface area contributed by atoms with Crippen molar-refractivity contribution in [1.82, 2.24) is 30.9 Å². The van der Waals surface area contributed by atoms with Gasteiger partial charge in [-0.05, 0) is 17.5 Å². The SMILES string of the molecule is CCC(C)C(NC(=O)C(Cc1c[nH]c2ccccc12)NC(=O)CN)C(=O)NC(Cc1cnc[nH]1)C(=O)O. The molecule has 2 aromatic heterocycles. The molecule has 4 atom stereocenters. The average Bonchev–Trinajstić information content (AvgIpc) is 3.55. The van der Waals surface area contributed by atoms with Crippen molar-refractivity contribution in [3.05, 3.63) is 54.2 Å². The molecule has 8 N–H and O–H groups in total. The lowest BCUT2D eigenvalue weighted by Gasteiger charge is -2.27. The number of carbonyl (C=O) groups is 4. The Morgan fingerprint density at radius 3 is 2.43 bits per heavy atom. The van der Waals surface area contributed by atoms with Crippen LogP contribution in [0.15, 0.2) is 43.0 Å². The van der Waals surface area contributed by atoms with E-state index in [9.17, 15) is 24.3 Å². The smallest absolute Gasteiger partial charge is 0.326 e. The van der Waals surface area contributed by atoms with Crippen LogP contribution in [0.4, 0.5) is 0 Å². The summed E-state index contributed by atoms with van der Waals surface area (Å²) < 4.78 is 0. The van der Waals surface area contributed by atoms with Gasteiger partial charge < -0.3 is 36.8 Å². The summed E-state index contributed by atoms with van der Waals surface area (Å²) in [5.41, 5.74) is 7.70. The molecule has 0 bridgehead atoms. The van der Waals surface area contributed by atoms with E-state index in [0.717, 1.165) is 16.5 Å². The maximum Gasteiger partial charge on any atom is 0.326 e. The number of hydrogen-bond donors (Lipinski definition) is 7. The average molecular weight is 512 g/mol. The Labute approximate surface area is 213 Å². The number of imidazole rings is 1. The summed E-state index contributed by atoms with van der Waals surface area (Å²) in [6.45, 7) is 3.33. The van der Waals surface area contributed by atoms with E-state index >= 15 is 0 Å². The molecule has 3 amide bonds. The molecule has 1 aromatic carbocycles. The van der Waals surface area contributed by atoms with Crippen molar-refractivity contribution in [2.75, 3.05) is 6.54 Å². The van der Waals surface area contributed by atoms with Crippen LogP contribution in [0.3, 0.4) is 0 Å². The number of H-pyrrole nitrogens is 2. The van der Waals surface area contributed by atoms with E-state index in [2.05, 4.69) is 30.9 Å². The minimum Gasteiger partial charge on any atom is -0.480 e. The van der Waals surface area contributed by atoms with Crippen LogP contribution < -0.4 is 21.7 Å². The van der Waals surface area contributed by atoms with Crippen LogP contribution >= 0.6 is 0 Å². The van der Waals surface area contributed by atoms with Gasteiger partial charge in [-0.3, -0.25) is 14.4 Å². The number of benzene rings is 1. The van der Waals surface area contributed by atoms with Crippen molar-refractivity contribution < 1.29 is 24.3 Å². The van der Waals surface area contributed by atoms with Gasteiger partial charge in [-0.25, -0.2) is 9.78 Å². The number of rotatable bonds is 13. The summed E-state index contributed by atoms with van der Waals surface area (Å²) >= 11 is 0. The number of aliphatic carboxylic acids is 1. The van der Waals surface area contributed by atoms with Crippen LogP contribution in [0.5, 0.6) is 0 Å². The van der Waals surface area contributed by atoms with Crippen LogP contribution in [0.25, 0.3) is 10.9 Å². The molecule has 3 rings (SSSR count). The van der Waals surface area contributed by atoms with Gasteiger partial charge in [-0.1, -0.05) is 38.5 Å². The Hall–Kier alpha value is -4.19. The van der Waals surface area contributed by atoms with Crippen LogP contribution in [-0.2, 0) is 32.0 Å².